The first-order chi connectivity index (χ1) is 16.2. The molecule has 33 heavy (non-hydrogen) atoms. The summed E-state index contributed by atoms with van der Waals surface area (Å²) in [4.78, 5) is 18.1. The monoisotopic (exact) mass is 436 g/mol. The van der Waals surface area contributed by atoms with Crippen LogP contribution in [0.4, 0.5) is 11.4 Å². The van der Waals surface area contributed by atoms with E-state index in [0.717, 1.165) is 35.6 Å². The van der Waals surface area contributed by atoms with E-state index < -0.39 is 5.97 Å². The fraction of sp³-hybridized carbons (Fsp3) is 0.111. The predicted molar refractivity (Wildman–Crippen MR) is 132 cm³/mol. The van der Waals surface area contributed by atoms with E-state index in [-0.39, 0.29) is 0 Å². The van der Waals surface area contributed by atoms with Gasteiger partial charge >= 0.3 is 5.97 Å². The number of nitrogens with one attached hydrogen (secondary N) is 1. The molecule has 2 aromatic heterocycles. The van der Waals surface area contributed by atoms with Gasteiger partial charge in [0, 0.05) is 43.6 Å². The molecular weight excluding hydrogens is 412 g/mol. The minimum atomic E-state index is -0.923. The van der Waals surface area contributed by atoms with Gasteiger partial charge in [-0.2, -0.15) is 0 Å². The normalized spacial score (nSPS) is 13.8. The molecule has 0 amide bonds. The fourth-order valence-corrected chi connectivity index (χ4v) is 4.07. The Bertz CT molecular complexity index is 1260. The van der Waals surface area contributed by atoms with E-state index in [4.69, 9.17) is 0 Å². The molecule has 0 radical (unpaired) electrons. The van der Waals surface area contributed by atoms with Crippen molar-refractivity contribution >= 4 is 29.5 Å². The number of carboxylic acid groups (broad SMARTS) is 1. The molecule has 4 aromatic rings. The second-order valence-corrected chi connectivity index (χ2v) is 8.06. The molecule has 5 rings (SSSR count). The van der Waals surface area contributed by atoms with Gasteiger partial charge in [0.25, 0.3) is 0 Å². The van der Waals surface area contributed by atoms with Crippen LogP contribution in [0.2, 0.25) is 0 Å². The van der Waals surface area contributed by atoms with Crippen molar-refractivity contribution in [3.05, 3.63) is 108 Å². The molecule has 6 nitrogen and oxygen atoms in total. The summed E-state index contributed by atoms with van der Waals surface area (Å²) in [6.45, 7) is 1.61. The van der Waals surface area contributed by atoms with Crippen LogP contribution in [0.25, 0.3) is 17.8 Å². The van der Waals surface area contributed by atoms with E-state index >= 15 is 0 Å². The van der Waals surface area contributed by atoms with Crippen LogP contribution in [0.15, 0.2) is 91.5 Å². The smallest absolute Gasteiger partial charge is 0.337 e. The number of pyridine rings is 1. The van der Waals surface area contributed by atoms with Gasteiger partial charge in [0.05, 0.1) is 23.0 Å². The van der Waals surface area contributed by atoms with Crippen LogP contribution in [0.3, 0.4) is 0 Å². The third-order valence-electron chi connectivity index (χ3n) is 5.76. The topological polar surface area (TPSA) is 70.4 Å². The number of benzene rings is 2. The van der Waals surface area contributed by atoms with E-state index in [2.05, 4.69) is 45.5 Å². The molecule has 0 aliphatic carbocycles. The summed E-state index contributed by atoms with van der Waals surface area (Å²) < 4.78 is 1.87. The SMILES string of the molecule is O=C(O)c1cccc(N2CC(Nc3ccc(/C=C/c4cccnc4)cc3)C2)c1-n1cccc1. The van der Waals surface area contributed by atoms with Gasteiger partial charge in [0.15, 0.2) is 0 Å². The Balaban J connectivity index is 1.24. The average Bonchev–Trinajstić information content (AvgIpc) is 3.35. The van der Waals surface area contributed by atoms with Gasteiger partial charge in [0.1, 0.15) is 0 Å². The number of hydrogen-bond donors (Lipinski definition) is 2. The second-order valence-electron chi connectivity index (χ2n) is 8.06. The lowest BCUT2D eigenvalue weighted by Gasteiger charge is -2.42. The van der Waals surface area contributed by atoms with Gasteiger partial charge in [-0.1, -0.05) is 36.4 Å². The summed E-state index contributed by atoms with van der Waals surface area (Å²) in [5, 5.41) is 13.3. The van der Waals surface area contributed by atoms with Crippen LogP contribution in [0.1, 0.15) is 21.5 Å². The van der Waals surface area contributed by atoms with E-state index in [1.807, 2.05) is 65.6 Å². The number of aromatic carboxylic acids is 1. The standard InChI is InChI=1S/C27H24N4O2/c32-27(33)24-6-3-7-25(26(24)30-15-1-2-16-30)31-18-23(19-31)29-22-12-10-20(11-13-22)8-9-21-5-4-14-28-17-21/h1-17,23,29H,18-19H2,(H,32,33)/b9-8+. The summed E-state index contributed by atoms with van der Waals surface area (Å²) >= 11 is 0. The Labute approximate surface area is 192 Å². The molecule has 0 atom stereocenters. The van der Waals surface area contributed by atoms with Crippen LogP contribution >= 0.6 is 0 Å². The van der Waals surface area contributed by atoms with Gasteiger partial charge in [0.2, 0.25) is 0 Å². The van der Waals surface area contributed by atoms with Crippen LogP contribution in [-0.2, 0) is 0 Å². The molecular formula is C27H24N4O2. The fourth-order valence-electron chi connectivity index (χ4n) is 4.07. The Kier molecular flexibility index (Phi) is 5.64. The maximum atomic E-state index is 11.8. The quantitative estimate of drug-likeness (QED) is 0.425. The number of para-hydroxylation sites is 1. The number of hydrogen-bond acceptors (Lipinski definition) is 4. The Morgan fingerprint density at radius 1 is 0.939 bits per heavy atom. The van der Waals surface area contributed by atoms with Crippen LogP contribution in [0, 0.1) is 0 Å². The maximum Gasteiger partial charge on any atom is 0.337 e. The molecule has 1 aliphatic heterocycles. The number of carbonyl (C=O) groups is 1. The molecule has 0 spiro atoms. The highest BCUT2D eigenvalue weighted by Gasteiger charge is 2.30. The number of carboxylic acids is 1. The highest BCUT2D eigenvalue weighted by Crippen LogP contribution is 2.32. The second kappa shape index (κ2) is 9.04. The first-order valence-electron chi connectivity index (χ1n) is 10.9. The van der Waals surface area contributed by atoms with E-state index in [9.17, 15) is 9.90 Å². The largest absolute Gasteiger partial charge is 0.478 e. The summed E-state index contributed by atoms with van der Waals surface area (Å²) in [6.07, 6.45) is 11.5. The summed E-state index contributed by atoms with van der Waals surface area (Å²) in [5.74, 6) is -0.923. The lowest BCUT2D eigenvalue weighted by atomic mass is 10.0. The molecule has 0 bridgehead atoms. The van der Waals surface area contributed by atoms with Crippen molar-refractivity contribution in [2.75, 3.05) is 23.3 Å². The van der Waals surface area contributed by atoms with Gasteiger partial charge < -0.3 is 19.9 Å². The third-order valence-corrected chi connectivity index (χ3v) is 5.76. The van der Waals surface area contributed by atoms with E-state index in [1.54, 1.807) is 12.3 Å². The van der Waals surface area contributed by atoms with Crippen LogP contribution < -0.4 is 10.2 Å². The zero-order valence-corrected chi connectivity index (χ0v) is 18.0. The maximum absolute atomic E-state index is 11.8. The summed E-state index contributed by atoms with van der Waals surface area (Å²) in [6, 6.07) is 21.8. The molecule has 0 unspecified atom stereocenters. The molecule has 3 heterocycles. The molecule has 2 aromatic carbocycles. The zero-order valence-electron chi connectivity index (χ0n) is 18.0. The number of rotatable bonds is 7. The van der Waals surface area contributed by atoms with E-state index in [1.165, 1.54) is 0 Å². The van der Waals surface area contributed by atoms with Crippen molar-refractivity contribution in [2.45, 2.75) is 6.04 Å². The van der Waals surface area contributed by atoms with E-state index in [0.29, 0.717) is 17.3 Å². The Morgan fingerprint density at radius 3 is 2.39 bits per heavy atom. The van der Waals surface area contributed by atoms with Crippen molar-refractivity contribution < 1.29 is 9.90 Å². The van der Waals surface area contributed by atoms with Gasteiger partial charge in [-0.25, -0.2) is 4.79 Å². The number of anilines is 2. The first-order valence-corrected chi connectivity index (χ1v) is 10.9. The van der Waals surface area contributed by atoms with Crippen molar-refractivity contribution in [1.29, 1.82) is 0 Å². The highest BCUT2D eigenvalue weighted by atomic mass is 16.4. The minimum Gasteiger partial charge on any atom is -0.478 e. The van der Waals surface area contributed by atoms with Crippen molar-refractivity contribution in [3.63, 3.8) is 0 Å². The zero-order chi connectivity index (χ0) is 22.6. The summed E-state index contributed by atoms with van der Waals surface area (Å²) in [7, 11) is 0. The van der Waals surface area contributed by atoms with Crippen LogP contribution in [0.5, 0.6) is 0 Å². The van der Waals surface area contributed by atoms with Crippen LogP contribution in [-0.4, -0.2) is 39.8 Å². The molecule has 0 saturated carbocycles. The molecule has 1 saturated heterocycles. The molecule has 164 valence electrons. The minimum absolute atomic E-state index is 0.299. The average molecular weight is 437 g/mol. The van der Waals surface area contributed by atoms with Crippen molar-refractivity contribution in [2.24, 2.45) is 0 Å². The van der Waals surface area contributed by atoms with Crippen molar-refractivity contribution in [1.82, 2.24) is 9.55 Å². The molecule has 1 fully saturated rings. The van der Waals surface area contributed by atoms with Gasteiger partial charge in [-0.05, 0) is 53.6 Å². The first kappa shape index (κ1) is 20.6. The van der Waals surface area contributed by atoms with Gasteiger partial charge in [-0.3, -0.25) is 4.98 Å². The lowest BCUT2D eigenvalue weighted by Crippen LogP contribution is -2.55. The molecule has 1 aliphatic rings. The highest BCUT2D eigenvalue weighted by molar-refractivity contribution is 5.95. The Hall–Kier alpha value is -4.32. The number of nitrogens with zero attached hydrogens (tertiary/aromatic N) is 3. The predicted octanol–water partition coefficient (Wildman–Crippen LogP) is 5.04. The van der Waals surface area contributed by atoms with Gasteiger partial charge in [-0.15, -0.1) is 0 Å². The lowest BCUT2D eigenvalue weighted by molar-refractivity contribution is 0.0697. The molecule has 2 N–H and O–H groups in total. The molecule has 6 heteroatoms. The summed E-state index contributed by atoms with van der Waals surface area (Å²) in [5.41, 5.74) is 5.21. The Morgan fingerprint density at radius 2 is 1.70 bits per heavy atom. The third kappa shape index (κ3) is 4.50. The number of aromatic nitrogens is 2. The van der Waals surface area contributed by atoms with Crippen molar-refractivity contribution in [3.8, 4) is 5.69 Å².